The van der Waals surface area contributed by atoms with E-state index in [9.17, 15) is 0 Å². The summed E-state index contributed by atoms with van der Waals surface area (Å²) in [4.78, 5) is 0. The largest absolute Gasteiger partial charge is 0.309 e. The molecule has 0 heterocycles. The molecule has 1 N–H and O–H groups in total. The highest BCUT2D eigenvalue weighted by atomic mass is 15.0. The molecule has 0 saturated heterocycles. The van der Waals surface area contributed by atoms with Crippen molar-refractivity contribution < 1.29 is 0 Å². The first-order valence-corrected chi connectivity index (χ1v) is 6.78. The lowest BCUT2D eigenvalue weighted by Crippen LogP contribution is -2.20. The van der Waals surface area contributed by atoms with Crippen molar-refractivity contribution in [1.82, 2.24) is 5.32 Å². The second kappa shape index (κ2) is 3.96. The number of rotatable bonds is 3. The lowest BCUT2D eigenvalue weighted by molar-refractivity contribution is 0.623. The summed E-state index contributed by atoms with van der Waals surface area (Å²) in [6, 6.07) is 20.3. The molecule has 4 rings (SSSR count). The van der Waals surface area contributed by atoms with Crippen LogP contribution in [0.15, 0.2) is 54.6 Å². The molecule has 3 unspecified atom stereocenters. The van der Waals surface area contributed by atoms with Gasteiger partial charge in [-0.1, -0.05) is 54.6 Å². The molecule has 18 heavy (non-hydrogen) atoms. The molecule has 90 valence electrons. The zero-order valence-corrected chi connectivity index (χ0v) is 10.3. The summed E-state index contributed by atoms with van der Waals surface area (Å²) in [6.07, 6.45) is 1.27. The summed E-state index contributed by atoms with van der Waals surface area (Å²) in [5.41, 5.74) is 4.55. The van der Waals surface area contributed by atoms with Crippen molar-refractivity contribution in [2.75, 3.05) is 0 Å². The van der Waals surface area contributed by atoms with Crippen LogP contribution in [0, 0.1) is 5.92 Å². The van der Waals surface area contributed by atoms with Gasteiger partial charge in [0.15, 0.2) is 0 Å². The van der Waals surface area contributed by atoms with Gasteiger partial charge in [-0.15, -0.1) is 0 Å². The van der Waals surface area contributed by atoms with E-state index in [4.69, 9.17) is 0 Å². The normalized spacial score (nSPS) is 27.7. The number of fused-ring (bicyclic) bond motifs is 3. The summed E-state index contributed by atoms with van der Waals surface area (Å²) < 4.78 is 0. The van der Waals surface area contributed by atoms with Crippen molar-refractivity contribution in [2.24, 2.45) is 5.92 Å². The zero-order chi connectivity index (χ0) is 11.9. The summed E-state index contributed by atoms with van der Waals surface area (Å²) >= 11 is 0. The first kappa shape index (κ1) is 10.3. The van der Waals surface area contributed by atoms with Gasteiger partial charge in [-0.2, -0.15) is 0 Å². The first-order chi connectivity index (χ1) is 8.93. The van der Waals surface area contributed by atoms with Gasteiger partial charge >= 0.3 is 0 Å². The molecule has 1 saturated carbocycles. The van der Waals surface area contributed by atoms with Gasteiger partial charge in [-0.05, 0) is 29.0 Å². The molecule has 0 aromatic heterocycles. The molecule has 0 aliphatic heterocycles. The van der Waals surface area contributed by atoms with Crippen LogP contribution in [0.4, 0.5) is 0 Å². The maximum atomic E-state index is 3.72. The van der Waals surface area contributed by atoms with E-state index in [2.05, 4.69) is 59.9 Å². The molecule has 2 aromatic carbocycles. The van der Waals surface area contributed by atoms with Crippen LogP contribution < -0.4 is 5.32 Å². The van der Waals surface area contributed by atoms with E-state index in [1.165, 1.54) is 12.0 Å². The van der Waals surface area contributed by atoms with Crippen LogP contribution in [-0.4, -0.2) is 6.04 Å². The van der Waals surface area contributed by atoms with Crippen LogP contribution in [0.25, 0.3) is 0 Å². The van der Waals surface area contributed by atoms with Crippen molar-refractivity contribution in [3.63, 3.8) is 0 Å². The summed E-state index contributed by atoms with van der Waals surface area (Å²) in [5.74, 6) is 1.64. The minimum atomic E-state index is 0.708. The average molecular weight is 235 g/mol. The highest BCUT2D eigenvalue weighted by molar-refractivity contribution is 5.45. The second-order valence-corrected chi connectivity index (χ2v) is 5.48. The molecular formula is C17H17N. The maximum absolute atomic E-state index is 3.72. The Kier molecular flexibility index (Phi) is 2.27. The fourth-order valence-electron chi connectivity index (χ4n) is 3.46. The second-order valence-electron chi connectivity index (χ2n) is 5.48. The van der Waals surface area contributed by atoms with E-state index in [1.54, 1.807) is 11.1 Å². The van der Waals surface area contributed by atoms with Gasteiger partial charge in [0.05, 0.1) is 0 Å². The number of benzene rings is 2. The molecule has 2 aliphatic rings. The Bertz CT molecular complexity index is 561. The Morgan fingerprint density at radius 2 is 1.72 bits per heavy atom. The molecule has 0 spiro atoms. The Morgan fingerprint density at radius 1 is 0.944 bits per heavy atom. The quantitative estimate of drug-likeness (QED) is 0.862. The lowest BCUT2D eigenvalue weighted by Gasteiger charge is -2.09. The molecule has 1 heteroatoms. The van der Waals surface area contributed by atoms with Gasteiger partial charge in [0.1, 0.15) is 0 Å². The Labute approximate surface area is 108 Å². The molecule has 1 nitrogen and oxygen atoms in total. The molecule has 0 amide bonds. The van der Waals surface area contributed by atoms with Crippen molar-refractivity contribution in [3.8, 4) is 0 Å². The van der Waals surface area contributed by atoms with E-state index < -0.39 is 0 Å². The zero-order valence-electron chi connectivity index (χ0n) is 10.3. The number of nitrogens with one attached hydrogen (secondary N) is 1. The van der Waals surface area contributed by atoms with Gasteiger partial charge in [0.2, 0.25) is 0 Å². The van der Waals surface area contributed by atoms with Gasteiger partial charge in [0, 0.05) is 18.5 Å². The van der Waals surface area contributed by atoms with Crippen LogP contribution in [0.1, 0.15) is 22.6 Å². The van der Waals surface area contributed by atoms with Crippen molar-refractivity contribution in [3.05, 3.63) is 71.3 Å². The van der Waals surface area contributed by atoms with Crippen molar-refractivity contribution in [1.29, 1.82) is 0 Å². The molecule has 3 atom stereocenters. The molecule has 2 aliphatic carbocycles. The van der Waals surface area contributed by atoms with Crippen molar-refractivity contribution >= 4 is 0 Å². The fraction of sp³-hybridized carbons (Fsp3) is 0.294. The SMILES string of the molecule is c1ccc(CNC2C3Cc4ccccc4C32)cc1. The minimum Gasteiger partial charge on any atom is -0.309 e. The summed E-state index contributed by atoms with van der Waals surface area (Å²) in [6.45, 7) is 1.00. The van der Waals surface area contributed by atoms with E-state index >= 15 is 0 Å². The number of hydrogen-bond donors (Lipinski definition) is 1. The fourth-order valence-corrected chi connectivity index (χ4v) is 3.46. The third-order valence-electron chi connectivity index (χ3n) is 4.42. The van der Waals surface area contributed by atoms with Gasteiger partial charge in [0.25, 0.3) is 0 Å². The summed E-state index contributed by atoms with van der Waals surface area (Å²) in [7, 11) is 0. The minimum absolute atomic E-state index is 0.708. The van der Waals surface area contributed by atoms with Crippen molar-refractivity contribution in [2.45, 2.75) is 24.9 Å². The Morgan fingerprint density at radius 3 is 2.61 bits per heavy atom. The highest BCUT2D eigenvalue weighted by Crippen LogP contribution is 2.56. The molecular weight excluding hydrogens is 218 g/mol. The Balaban J connectivity index is 1.43. The highest BCUT2D eigenvalue weighted by Gasteiger charge is 2.54. The lowest BCUT2D eigenvalue weighted by atomic mass is 10.1. The predicted octanol–water partition coefficient (Wildman–Crippen LogP) is 3.11. The average Bonchev–Trinajstić information content (AvgIpc) is 2.97. The van der Waals surface area contributed by atoms with Gasteiger partial charge in [-0.25, -0.2) is 0 Å². The third-order valence-corrected chi connectivity index (χ3v) is 4.42. The van der Waals surface area contributed by atoms with E-state index in [-0.39, 0.29) is 0 Å². The monoisotopic (exact) mass is 235 g/mol. The molecule has 0 radical (unpaired) electrons. The van der Waals surface area contributed by atoms with Crippen LogP contribution in [0.3, 0.4) is 0 Å². The van der Waals surface area contributed by atoms with Crippen LogP contribution in [0.5, 0.6) is 0 Å². The molecule has 2 aromatic rings. The molecule has 0 bridgehead atoms. The Hall–Kier alpha value is -1.60. The number of hydrogen-bond acceptors (Lipinski definition) is 1. The van der Waals surface area contributed by atoms with Gasteiger partial charge < -0.3 is 5.32 Å². The van der Waals surface area contributed by atoms with Crippen LogP contribution in [-0.2, 0) is 13.0 Å². The van der Waals surface area contributed by atoms with E-state index in [1.807, 2.05) is 0 Å². The first-order valence-electron chi connectivity index (χ1n) is 6.78. The van der Waals surface area contributed by atoms with Gasteiger partial charge in [-0.3, -0.25) is 0 Å². The van der Waals surface area contributed by atoms with Crippen LogP contribution >= 0.6 is 0 Å². The standard InChI is InChI=1S/C17H17N/c1-2-6-12(7-3-1)11-18-17-15-10-13-8-4-5-9-14(13)16(15)17/h1-9,15-18H,10-11H2. The van der Waals surface area contributed by atoms with Crippen LogP contribution in [0.2, 0.25) is 0 Å². The summed E-state index contributed by atoms with van der Waals surface area (Å²) in [5, 5.41) is 3.72. The smallest absolute Gasteiger partial charge is 0.0208 e. The third kappa shape index (κ3) is 1.58. The predicted molar refractivity (Wildman–Crippen MR) is 73.4 cm³/mol. The topological polar surface area (TPSA) is 12.0 Å². The van der Waals surface area contributed by atoms with E-state index in [0.29, 0.717) is 6.04 Å². The molecule has 1 fully saturated rings. The van der Waals surface area contributed by atoms with E-state index in [0.717, 1.165) is 18.4 Å². The maximum Gasteiger partial charge on any atom is 0.0208 e.